The van der Waals surface area contributed by atoms with Gasteiger partial charge in [-0.3, -0.25) is 9.58 Å². The number of likely N-dealkylation sites (tertiary alicyclic amines) is 1. The zero-order chi connectivity index (χ0) is 20.5. The highest BCUT2D eigenvalue weighted by molar-refractivity contribution is 7.89. The molecular weight excluding hydrogens is 410 g/mol. The summed E-state index contributed by atoms with van der Waals surface area (Å²) in [7, 11) is -1.82. The fraction of sp³-hybridized carbons (Fsp3) is 0.684. The fourth-order valence-electron chi connectivity index (χ4n) is 4.20. The summed E-state index contributed by atoms with van der Waals surface area (Å²) in [5.74, 6) is -0.00139. The number of ether oxygens (including phenoxy) is 1. The molecule has 4 heterocycles. The van der Waals surface area contributed by atoms with Crippen LogP contribution in [0.3, 0.4) is 0 Å². The highest BCUT2D eigenvalue weighted by atomic mass is 32.2. The second-order valence-electron chi connectivity index (χ2n) is 7.77. The number of hydrogen-bond donors (Lipinski definition) is 1. The summed E-state index contributed by atoms with van der Waals surface area (Å²) < 4.78 is 33.4. The van der Waals surface area contributed by atoms with E-state index in [0.29, 0.717) is 6.54 Å². The smallest absolute Gasteiger partial charge is 0.213 e. The quantitative estimate of drug-likeness (QED) is 0.704. The summed E-state index contributed by atoms with van der Waals surface area (Å²) in [6, 6.07) is 2.37. The second-order valence-corrected chi connectivity index (χ2v) is 11.0. The van der Waals surface area contributed by atoms with Crippen molar-refractivity contribution in [1.82, 2.24) is 24.6 Å². The van der Waals surface area contributed by atoms with Gasteiger partial charge in [0, 0.05) is 42.0 Å². The van der Waals surface area contributed by atoms with Gasteiger partial charge in [-0.15, -0.1) is 16.4 Å². The van der Waals surface area contributed by atoms with E-state index in [9.17, 15) is 8.42 Å². The standard InChI is InChI=1S/C19H29N5O3S2/c1-3-16-12-17-18(28-16)4-10-27-19(17)5-7-23(8-6-19)13-15-14-24(22-21-15)9-11-29(25,26)20-2/h12,14,20H,3-11,13H2,1-2H3. The van der Waals surface area contributed by atoms with Crippen molar-refractivity contribution < 1.29 is 13.2 Å². The number of hydrogen-bond acceptors (Lipinski definition) is 7. The van der Waals surface area contributed by atoms with Crippen molar-refractivity contribution in [2.45, 2.75) is 51.3 Å². The highest BCUT2D eigenvalue weighted by Crippen LogP contribution is 2.44. The maximum Gasteiger partial charge on any atom is 0.213 e. The number of thiophene rings is 1. The average molecular weight is 440 g/mol. The molecule has 0 atom stereocenters. The van der Waals surface area contributed by atoms with Gasteiger partial charge < -0.3 is 4.74 Å². The van der Waals surface area contributed by atoms with Crippen LogP contribution in [0.4, 0.5) is 0 Å². The number of nitrogens with one attached hydrogen (secondary N) is 1. The first-order valence-corrected chi connectivity index (χ1v) is 12.7. The van der Waals surface area contributed by atoms with Gasteiger partial charge in [0.1, 0.15) is 0 Å². The minimum absolute atomic E-state index is 0.00139. The minimum atomic E-state index is -3.24. The Morgan fingerprint density at radius 1 is 1.34 bits per heavy atom. The third kappa shape index (κ3) is 4.56. The van der Waals surface area contributed by atoms with Crippen LogP contribution in [0.25, 0.3) is 0 Å². The molecule has 0 unspecified atom stereocenters. The van der Waals surface area contributed by atoms with Crippen molar-refractivity contribution in [3.63, 3.8) is 0 Å². The number of aromatic nitrogens is 3. The molecule has 0 bridgehead atoms. The third-order valence-corrected chi connectivity index (χ3v) is 8.62. The molecule has 1 fully saturated rings. The van der Waals surface area contributed by atoms with Crippen LogP contribution >= 0.6 is 11.3 Å². The Labute approximate surface area is 176 Å². The zero-order valence-electron chi connectivity index (χ0n) is 17.1. The zero-order valence-corrected chi connectivity index (χ0v) is 18.7. The molecule has 8 nitrogen and oxygen atoms in total. The Hall–Kier alpha value is -1.33. The van der Waals surface area contributed by atoms with Crippen LogP contribution in [0.1, 0.15) is 40.8 Å². The molecule has 2 aliphatic rings. The first-order valence-electron chi connectivity index (χ1n) is 10.2. The molecule has 0 aromatic carbocycles. The van der Waals surface area contributed by atoms with Crippen molar-refractivity contribution in [2.24, 2.45) is 0 Å². The van der Waals surface area contributed by atoms with Crippen molar-refractivity contribution in [3.8, 4) is 0 Å². The largest absolute Gasteiger partial charge is 0.370 e. The predicted octanol–water partition coefficient (Wildman–Crippen LogP) is 1.52. The lowest BCUT2D eigenvalue weighted by Crippen LogP contribution is -2.45. The Kier molecular flexibility index (Phi) is 6.08. The van der Waals surface area contributed by atoms with Crippen LogP contribution in [0, 0.1) is 0 Å². The van der Waals surface area contributed by atoms with Crippen LogP contribution in [0.2, 0.25) is 0 Å². The number of piperidine rings is 1. The highest BCUT2D eigenvalue weighted by Gasteiger charge is 2.41. The lowest BCUT2D eigenvalue weighted by molar-refractivity contribution is -0.0982. The van der Waals surface area contributed by atoms with Crippen LogP contribution in [-0.2, 0) is 46.3 Å². The summed E-state index contributed by atoms with van der Waals surface area (Å²) in [6.45, 7) is 5.98. The molecule has 1 saturated heterocycles. The molecule has 0 amide bonds. The molecular formula is C19H29N5O3S2. The summed E-state index contributed by atoms with van der Waals surface area (Å²) >= 11 is 1.96. The number of sulfonamides is 1. The number of nitrogens with zero attached hydrogens (tertiary/aromatic N) is 4. The van der Waals surface area contributed by atoms with E-state index in [1.807, 2.05) is 17.5 Å². The monoisotopic (exact) mass is 439 g/mol. The van der Waals surface area contributed by atoms with Gasteiger partial charge in [-0.1, -0.05) is 12.1 Å². The molecule has 0 radical (unpaired) electrons. The van der Waals surface area contributed by atoms with E-state index < -0.39 is 10.0 Å². The van der Waals surface area contributed by atoms with Crippen molar-refractivity contribution in [3.05, 3.63) is 33.3 Å². The van der Waals surface area contributed by atoms with E-state index in [0.717, 1.165) is 57.6 Å². The van der Waals surface area contributed by atoms with Crippen LogP contribution in [-0.4, -0.2) is 60.8 Å². The maximum atomic E-state index is 11.6. The molecule has 0 aliphatic carbocycles. The van der Waals surface area contributed by atoms with E-state index in [1.165, 1.54) is 22.4 Å². The summed E-state index contributed by atoms with van der Waals surface area (Å²) in [5, 5.41) is 8.29. The van der Waals surface area contributed by atoms with Gasteiger partial charge in [0.05, 0.1) is 30.2 Å². The molecule has 160 valence electrons. The topological polar surface area (TPSA) is 89.4 Å². The van der Waals surface area contributed by atoms with Crippen molar-refractivity contribution in [2.75, 3.05) is 32.5 Å². The molecule has 4 rings (SSSR count). The molecule has 1 N–H and O–H groups in total. The van der Waals surface area contributed by atoms with Gasteiger partial charge in [-0.25, -0.2) is 13.1 Å². The normalized spacial score (nSPS) is 19.5. The average Bonchev–Trinajstić information content (AvgIpc) is 3.36. The summed E-state index contributed by atoms with van der Waals surface area (Å²) in [4.78, 5) is 5.36. The number of fused-ring (bicyclic) bond motifs is 2. The fourth-order valence-corrected chi connectivity index (χ4v) is 6.01. The maximum absolute atomic E-state index is 11.6. The lowest BCUT2D eigenvalue weighted by atomic mass is 9.82. The van der Waals surface area contributed by atoms with Crippen molar-refractivity contribution >= 4 is 21.4 Å². The van der Waals surface area contributed by atoms with Gasteiger partial charge in [0.25, 0.3) is 0 Å². The molecule has 2 aliphatic heterocycles. The van der Waals surface area contributed by atoms with Crippen LogP contribution in [0.15, 0.2) is 12.3 Å². The first kappa shape index (κ1) is 20.9. The SMILES string of the molecule is CCc1cc2c(s1)CCOC21CCN(Cc2cn(CCS(=O)(=O)NC)nn2)CC1. The van der Waals surface area contributed by atoms with Gasteiger partial charge in [0.2, 0.25) is 10.0 Å². The predicted molar refractivity (Wildman–Crippen MR) is 112 cm³/mol. The number of aryl methyl sites for hydroxylation is 2. The first-order chi connectivity index (χ1) is 13.9. The Balaban J connectivity index is 1.35. The third-order valence-electron chi connectivity index (χ3n) is 5.94. The molecule has 0 saturated carbocycles. The lowest BCUT2D eigenvalue weighted by Gasteiger charge is -2.44. The molecule has 1 spiro atoms. The molecule has 10 heteroatoms. The van der Waals surface area contributed by atoms with E-state index in [2.05, 4.69) is 32.9 Å². The van der Waals surface area contributed by atoms with E-state index in [4.69, 9.17) is 4.74 Å². The van der Waals surface area contributed by atoms with E-state index in [1.54, 1.807) is 4.68 Å². The molecule has 2 aromatic rings. The van der Waals surface area contributed by atoms with Gasteiger partial charge in [-0.2, -0.15) is 0 Å². The number of rotatable bonds is 7. The molecule has 29 heavy (non-hydrogen) atoms. The van der Waals surface area contributed by atoms with Gasteiger partial charge in [-0.05, 0) is 37.9 Å². The summed E-state index contributed by atoms with van der Waals surface area (Å²) in [5.41, 5.74) is 2.19. The minimum Gasteiger partial charge on any atom is -0.370 e. The van der Waals surface area contributed by atoms with Crippen LogP contribution < -0.4 is 4.72 Å². The van der Waals surface area contributed by atoms with E-state index in [-0.39, 0.29) is 11.4 Å². The molecule has 2 aromatic heterocycles. The Morgan fingerprint density at radius 2 is 2.14 bits per heavy atom. The van der Waals surface area contributed by atoms with Gasteiger partial charge >= 0.3 is 0 Å². The van der Waals surface area contributed by atoms with Gasteiger partial charge in [0.15, 0.2) is 0 Å². The second kappa shape index (κ2) is 8.43. The van der Waals surface area contributed by atoms with Crippen molar-refractivity contribution in [1.29, 1.82) is 0 Å². The van der Waals surface area contributed by atoms with E-state index >= 15 is 0 Å². The Morgan fingerprint density at radius 3 is 2.86 bits per heavy atom. The summed E-state index contributed by atoms with van der Waals surface area (Å²) in [6.07, 6.45) is 5.96. The van der Waals surface area contributed by atoms with Crippen LogP contribution in [0.5, 0.6) is 0 Å². The Bertz CT molecular complexity index is 945.